The Bertz CT molecular complexity index is 256. The van der Waals surface area contributed by atoms with Gasteiger partial charge in [0.1, 0.15) is 6.04 Å². The monoisotopic (exact) mass is 230 g/mol. The number of rotatable bonds is 4. The lowest BCUT2D eigenvalue weighted by atomic mass is 10.0. The van der Waals surface area contributed by atoms with Crippen LogP contribution in [0, 0.1) is 0 Å². The first-order valence-electron chi connectivity index (χ1n) is 5.69. The molecule has 3 N–H and O–H groups in total. The van der Waals surface area contributed by atoms with Crippen LogP contribution in [0.25, 0.3) is 0 Å². The number of carboxylic acid groups (broad SMARTS) is 1. The number of hydrogen-bond acceptors (Lipinski definition) is 4. The maximum atomic E-state index is 10.6. The van der Waals surface area contributed by atoms with Gasteiger partial charge >= 0.3 is 5.97 Å². The van der Waals surface area contributed by atoms with Crippen LogP contribution in [0.15, 0.2) is 0 Å². The summed E-state index contributed by atoms with van der Waals surface area (Å²) in [6, 6.07) is -0.763. The van der Waals surface area contributed by atoms with E-state index in [2.05, 4.69) is 4.90 Å². The number of carbonyl (C=O) groups is 1. The van der Waals surface area contributed by atoms with Gasteiger partial charge in [0.2, 0.25) is 0 Å². The molecule has 0 bridgehead atoms. The Morgan fingerprint density at radius 1 is 1.69 bits per heavy atom. The van der Waals surface area contributed by atoms with Crippen molar-refractivity contribution >= 4 is 5.97 Å². The number of carboxylic acids is 1. The lowest BCUT2D eigenvalue weighted by Gasteiger charge is -2.41. The molecule has 5 nitrogen and oxygen atoms in total. The molecule has 5 heteroatoms. The maximum absolute atomic E-state index is 10.6. The number of nitrogens with two attached hydrogens (primary N) is 1. The lowest BCUT2D eigenvalue weighted by Crippen LogP contribution is -2.52. The molecule has 0 spiro atoms. The van der Waals surface area contributed by atoms with E-state index in [1.807, 2.05) is 20.8 Å². The maximum Gasteiger partial charge on any atom is 0.320 e. The average Bonchev–Trinajstić information content (AvgIpc) is 2.10. The SMILES string of the molecule is CC1CN(CCC(N)C(=O)O)CC(C)(C)O1. The third-order valence-electron chi connectivity index (χ3n) is 2.71. The van der Waals surface area contributed by atoms with Crippen LogP contribution < -0.4 is 5.73 Å². The molecule has 0 saturated carbocycles. The van der Waals surface area contributed by atoms with Crippen LogP contribution in [0.4, 0.5) is 0 Å². The molecule has 0 radical (unpaired) electrons. The molecule has 0 aromatic rings. The van der Waals surface area contributed by atoms with E-state index in [0.29, 0.717) is 13.0 Å². The molecule has 0 aliphatic carbocycles. The quantitative estimate of drug-likeness (QED) is 0.726. The normalized spacial score (nSPS) is 27.6. The summed E-state index contributed by atoms with van der Waals surface area (Å²) in [7, 11) is 0. The molecule has 16 heavy (non-hydrogen) atoms. The fourth-order valence-corrected chi connectivity index (χ4v) is 2.20. The van der Waals surface area contributed by atoms with Crippen molar-refractivity contribution in [3.05, 3.63) is 0 Å². The Morgan fingerprint density at radius 3 is 2.81 bits per heavy atom. The van der Waals surface area contributed by atoms with E-state index in [9.17, 15) is 4.79 Å². The molecule has 1 fully saturated rings. The minimum atomic E-state index is -0.930. The second kappa shape index (κ2) is 5.12. The standard InChI is InChI=1S/C11H22N2O3/c1-8-6-13(7-11(2,3)16-8)5-4-9(12)10(14)15/h8-9H,4-7,12H2,1-3H3,(H,14,15). The van der Waals surface area contributed by atoms with Gasteiger partial charge in [-0.25, -0.2) is 0 Å². The number of hydrogen-bond donors (Lipinski definition) is 2. The molecule has 0 aromatic heterocycles. The third kappa shape index (κ3) is 4.08. The number of morpholine rings is 1. The summed E-state index contributed by atoms with van der Waals surface area (Å²) in [6.07, 6.45) is 0.669. The Morgan fingerprint density at radius 2 is 2.31 bits per heavy atom. The molecule has 0 amide bonds. The van der Waals surface area contributed by atoms with Gasteiger partial charge in [-0.3, -0.25) is 9.69 Å². The van der Waals surface area contributed by atoms with Crippen molar-refractivity contribution < 1.29 is 14.6 Å². The Balaban J connectivity index is 2.40. The van der Waals surface area contributed by atoms with Gasteiger partial charge in [0.05, 0.1) is 11.7 Å². The second-order valence-corrected chi connectivity index (χ2v) is 5.16. The predicted molar refractivity (Wildman–Crippen MR) is 61.3 cm³/mol. The minimum absolute atomic E-state index is 0.162. The zero-order valence-electron chi connectivity index (χ0n) is 10.3. The van der Waals surface area contributed by atoms with Crippen molar-refractivity contribution in [2.75, 3.05) is 19.6 Å². The molecule has 2 atom stereocenters. The molecule has 1 saturated heterocycles. The molecule has 1 aliphatic rings. The number of nitrogens with zero attached hydrogens (tertiary/aromatic N) is 1. The highest BCUT2D eigenvalue weighted by molar-refractivity contribution is 5.72. The molecule has 94 valence electrons. The summed E-state index contributed by atoms with van der Waals surface area (Å²) < 4.78 is 5.77. The van der Waals surface area contributed by atoms with Crippen LogP contribution >= 0.6 is 0 Å². The fourth-order valence-electron chi connectivity index (χ4n) is 2.20. The zero-order chi connectivity index (χ0) is 12.3. The van der Waals surface area contributed by atoms with Crippen LogP contribution in [-0.4, -0.2) is 53.4 Å². The van der Waals surface area contributed by atoms with Crippen molar-refractivity contribution in [2.45, 2.75) is 44.9 Å². The topological polar surface area (TPSA) is 75.8 Å². The summed E-state index contributed by atoms with van der Waals surface area (Å²) in [6.45, 7) is 8.51. The van der Waals surface area contributed by atoms with Gasteiger partial charge < -0.3 is 15.6 Å². The van der Waals surface area contributed by atoms with E-state index >= 15 is 0 Å². The Kier molecular flexibility index (Phi) is 4.29. The van der Waals surface area contributed by atoms with E-state index in [-0.39, 0.29) is 11.7 Å². The van der Waals surface area contributed by atoms with Gasteiger partial charge in [-0.15, -0.1) is 0 Å². The van der Waals surface area contributed by atoms with Crippen LogP contribution in [-0.2, 0) is 9.53 Å². The first kappa shape index (κ1) is 13.4. The Hall–Kier alpha value is -0.650. The fraction of sp³-hybridized carbons (Fsp3) is 0.909. The van der Waals surface area contributed by atoms with Gasteiger partial charge in [0.25, 0.3) is 0 Å². The van der Waals surface area contributed by atoms with Crippen LogP contribution in [0.1, 0.15) is 27.2 Å². The minimum Gasteiger partial charge on any atom is -0.480 e. The lowest BCUT2D eigenvalue weighted by molar-refractivity contribution is -0.139. The van der Waals surface area contributed by atoms with Crippen molar-refractivity contribution in [1.82, 2.24) is 4.90 Å². The van der Waals surface area contributed by atoms with Gasteiger partial charge in [-0.2, -0.15) is 0 Å². The molecule has 1 heterocycles. The van der Waals surface area contributed by atoms with E-state index in [0.717, 1.165) is 13.1 Å². The smallest absolute Gasteiger partial charge is 0.320 e. The molecule has 2 unspecified atom stereocenters. The molecule has 1 rings (SSSR count). The van der Waals surface area contributed by atoms with Gasteiger partial charge in [0.15, 0.2) is 0 Å². The van der Waals surface area contributed by atoms with Crippen LogP contribution in [0.3, 0.4) is 0 Å². The summed E-state index contributed by atoms with van der Waals surface area (Å²) in [5.41, 5.74) is 5.32. The second-order valence-electron chi connectivity index (χ2n) is 5.16. The van der Waals surface area contributed by atoms with E-state index < -0.39 is 12.0 Å². The molecular weight excluding hydrogens is 208 g/mol. The highest BCUT2D eigenvalue weighted by atomic mass is 16.5. The summed E-state index contributed by atoms with van der Waals surface area (Å²) in [4.78, 5) is 12.8. The third-order valence-corrected chi connectivity index (χ3v) is 2.71. The van der Waals surface area contributed by atoms with Gasteiger partial charge in [0, 0.05) is 19.6 Å². The van der Waals surface area contributed by atoms with E-state index in [1.165, 1.54) is 0 Å². The van der Waals surface area contributed by atoms with E-state index in [1.54, 1.807) is 0 Å². The van der Waals surface area contributed by atoms with E-state index in [4.69, 9.17) is 15.6 Å². The van der Waals surface area contributed by atoms with Crippen molar-refractivity contribution in [3.8, 4) is 0 Å². The van der Waals surface area contributed by atoms with Gasteiger partial charge in [-0.05, 0) is 27.2 Å². The first-order valence-corrected chi connectivity index (χ1v) is 5.69. The highest BCUT2D eigenvalue weighted by Gasteiger charge is 2.31. The summed E-state index contributed by atoms with van der Waals surface area (Å²) in [5, 5.41) is 8.70. The zero-order valence-corrected chi connectivity index (χ0v) is 10.3. The largest absolute Gasteiger partial charge is 0.480 e. The van der Waals surface area contributed by atoms with Gasteiger partial charge in [-0.1, -0.05) is 0 Å². The van der Waals surface area contributed by atoms with Crippen LogP contribution in [0.5, 0.6) is 0 Å². The van der Waals surface area contributed by atoms with Crippen molar-refractivity contribution in [1.29, 1.82) is 0 Å². The van der Waals surface area contributed by atoms with Crippen molar-refractivity contribution in [2.24, 2.45) is 5.73 Å². The van der Waals surface area contributed by atoms with Crippen molar-refractivity contribution in [3.63, 3.8) is 0 Å². The Labute approximate surface area is 96.6 Å². The molecular formula is C11H22N2O3. The number of ether oxygens (including phenoxy) is 1. The average molecular weight is 230 g/mol. The summed E-state index contributed by atoms with van der Waals surface area (Å²) in [5.74, 6) is -0.930. The molecule has 1 aliphatic heterocycles. The summed E-state index contributed by atoms with van der Waals surface area (Å²) >= 11 is 0. The molecule has 0 aromatic carbocycles. The highest BCUT2D eigenvalue weighted by Crippen LogP contribution is 2.20. The first-order chi connectivity index (χ1) is 7.30. The predicted octanol–water partition coefficient (Wildman–Crippen LogP) is 0.288. The number of aliphatic carboxylic acids is 1. The van der Waals surface area contributed by atoms with Crippen LogP contribution in [0.2, 0.25) is 0 Å².